The van der Waals surface area contributed by atoms with Crippen LogP contribution >= 0.6 is 0 Å². The van der Waals surface area contributed by atoms with Gasteiger partial charge in [-0.15, -0.1) is 0 Å². The van der Waals surface area contributed by atoms with Crippen molar-refractivity contribution < 1.29 is 14.3 Å². The minimum atomic E-state index is -0.0516. The number of likely N-dealkylation sites (tertiary alicyclic amines) is 1. The summed E-state index contributed by atoms with van der Waals surface area (Å²) in [6, 6.07) is 0.462. The monoisotopic (exact) mass is 295 g/mol. The lowest BCUT2D eigenvalue weighted by Crippen LogP contribution is -2.53. The normalized spacial score (nSPS) is 35.2. The van der Waals surface area contributed by atoms with Crippen LogP contribution in [-0.4, -0.2) is 84.5 Å². The zero-order chi connectivity index (χ0) is 15.0. The van der Waals surface area contributed by atoms with Gasteiger partial charge in [-0.25, -0.2) is 0 Å². The predicted molar refractivity (Wildman–Crippen MR) is 77.7 cm³/mol. The Labute approximate surface area is 126 Å². The van der Waals surface area contributed by atoms with E-state index in [1.165, 1.54) is 0 Å². The molecule has 1 amide bonds. The van der Waals surface area contributed by atoms with Crippen molar-refractivity contribution in [2.24, 2.45) is 5.92 Å². The van der Waals surface area contributed by atoms with Crippen LogP contribution in [-0.2, 0) is 14.3 Å². The summed E-state index contributed by atoms with van der Waals surface area (Å²) >= 11 is 0. The van der Waals surface area contributed by atoms with Gasteiger partial charge in [-0.3, -0.25) is 19.4 Å². The second-order valence-corrected chi connectivity index (χ2v) is 6.51. The van der Waals surface area contributed by atoms with E-state index in [1.54, 1.807) is 6.92 Å². The minimum Gasteiger partial charge on any atom is -0.464 e. The first-order valence-corrected chi connectivity index (χ1v) is 7.96. The molecular weight excluding hydrogens is 270 g/mol. The summed E-state index contributed by atoms with van der Waals surface area (Å²) in [5.74, 6) is 0.677. The van der Waals surface area contributed by atoms with Crippen LogP contribution in [0.5, 0.6) is 0 Å². The van der Waals surface area contributed by atoms with E-state index in [0.717, 1.165) is 45.7 Å². The molecule has 3 aliphatic heterocycles. The number of nitrogens with zero attached hydrogens (tertiary/aromatic N) is 3. The van der Waals surface area contributed by atoms with Crippen LogP contribution in [0.15, 0.2) is 0 Å². The van der Waals surface area contributed by atoms with E-state index in [-0.39, 0.29) is 17.9 Å². The lowest BCUT2D eigenvalue weighted by Gasteiger charge is -2.39. The molecule has 0 aromatic heterocycles. The fourth-order valence-electron chi connectivity index (χ4n) is 3.90. The molecule has 0 spiro atoms. The largest absolute Gasteiger partial charge is 0.464 e. The number of rotatable bonds is 2. The lowest BCUT2D eigenvalue weighted by molar-refractivity contribution is -0.142. The minimum absolute atomic E-state index is 0.0315. The van der Waals surface area contributed by atoms with Crippen molar-refractivity contribution in [3.63, 3.8) is 0 Å². The van der Waals surface area contributed by atoms with Crippen molar-refractivity contribution in [3.8, 4) is 0 Å². The molecule has 0 aromatic rings. The van der Waals surface area contributed by atoms with E-state index in [4.69, 9.17) is 4.74 Å². The molecule has 3 saturated heterocycles. The molecule has 0 bridgehead atoms. The van der Waals surface area contributed by atoms with Crippen molar-refractivity contribution in [2.45, 2.75) is 32.4 Å². The molecule has 3 rings (SSSR count). The van der Waals surface area contributed by atoms with Crippen molar-refractivity contribution in [1.29, 1.82) is 0 Å². The molecular formula is C15H25N3O3. The fraction of sp³-hybridized carbons (Fsp3) is 0.867. The maximum atomic E-state index is 11.7. The van der Waals surface area contributed by atoms with Crippen LogP contribution in [0, 0.1) is 5.92 Å². The molecule has 0 saturated carbocycles. The highest BCUT2D eigenvalue weighted by Crippen LogP contribution is 2.27. The molecule has 0 aliphatic carbocycles. The van der Waals surface area contributed by atoms with Crippen LogP contribution in [0.2, 0.25) is 0 Å². The molecule has 3 heterocycles. The molecule has 0 unspecified atom stereocenters. The van der Waals surface area contributed by atoms with Gasteiger partial charge in [0, 0.05) is 58.7 Å². The first-order chi connectivity index (χ1) is 10.1. The Bertz CT molecular complexity index is 420. The third-order valence-corrected chi connectivity index (χ3v) is 5.18. The molecule has 6 heteroatoms. The average Bonchev–Trinajstić information content (AvgIpc) is 3.05. The first kappa shape index (κ1) is 14.8. The van der Waals surface area contributed by atoms with Crippen LogP contribution in [0.25, 0.3) is 0 Å². The van der Waals surface area contributed by atoms with Crippen LogP contribution in [0.4, 0.5) is 0 Å². The van der Waals surface area contributed by atoms with Crippen molar-refractivity contribution in [1.82, 2.24) is 14.7 Å². The standard InChI is InChI=1S/C15H25N3O3/c1-11-9-18(13-3-8-21-15(13)20)10-14(11)17-6-4-16(5-7-17)12(2)19/h11,13-14H,3-10H2,1-2H3/t11-,13-,14-/m1/s1. The fourth-order valence-corrected chi connectivity index (χ4v) is 3.90. The van der Waals surface area contributed by atoms with Crippen molar-refractivity contribution in [2.75, 3.05) is 45.9 Å². The van der Waals surface area contributed by atoms with Gasteiger partial charge < -0.3 is 9.64 Å². The number of esters is 1. The number of piperazine rings is 1. The molecule has 6 nitrogen and oxygen atoms in total. The van der Waals surface area contributed by atoms with E-state index in [0.29, 0.717) is 18.6 Å². The summed E-state index contributed by atoms with van der Waals surface area (Å²) in [4.78, 5) is 29.9. The van der Waals surface area contributed by atoms with Crippen LogP contribution < -0.4 is 0 Å². The van der Waals surface area contributed by atoms with Gasteiger partial charge in [0.25, 0.3) is 0 Å². The average molecular weight is 295 g/mol. The highest BCUT2D eigenvalue weighted by atomic mass is 16.5. The Kier molecular flexibility index (Phi) is 4.17. The van der Waals surface area contributed by atoms with Gasteiger partial charge >= 0.3 is 5.97 Å². The third kappa shape index (κ3) is 2.92. The molecule has 0 aromatic carbocycles. The van der Waals surface area contributed by atoms with Crippen molar-refractivity contribution >= 4 is 11.9 Å². The Hall–Kier alpha value is -1.14. The van der Waals surface area contributed by atoms with Crippen LogP contribution in [0.3, 0.4) is 0 Å². The number of amides is 1. The predicted octanol–water partition coefficient (Wildman–Crippen LogP) is -0.214. The van der Waals surface area contributed by atoms with Gasteiger partial charge in [0.05, 0.1) is 6.61 Å². The summed E-state index contributed by atoms with van der Waals surface area (Å²) < 4.78 is 5.10. The van der Waals surface area contributed by atoms with E-state index in [2.05, 4.69) is 16.7 Å². The maximum absolute atomic E-state index is 11.7. The summed E-state index contributed by atoms with van der Waals surface area (Å²) in [7, 11) is 0. The number of carbonyl (C=O) groups excluding carboxylic acids is 2. The van der Waals surface area contributed by atoms with Gasteiger partial charge in [0.15, 0.2) is 0 Å². The molecule has 118 valence electrons. The van der Waals surface area contributed by atoms with Gasteiger partial charge in [0.1, 0.15) is 6.04 Å². The van der Waals surface area contributed by atoms with Gasteiger partial charge in [-0.1, -0.05) is 6.92 Å². The highest BCUT2D eigenvalue weighted by Gasteiger charge is 2.42. The summed E-state index contributed by atoms with van der Waals surface area (Å²) in [5.41, 5.74) is 0. The quantitative estimate of drug-likeness (QED) is 0.660. The van der Waals surface area contributed by atoms with E-state index < -0.39 is 0 Å². The molecule has 0 radical (unpaired) electrons. The Morgan fingerprint density at radius 2 is 1.86 bits per heavy atom. The number of carbonyl (C=O) groups is 2. The molecule has 3 aliphatic rings. The summed E-state index contributed by atoms with van der Waals surface area (Å²) in [6.45, 7) is 9.92. The van der Waals surface area contributed by atoms with E-state index in [9.17, 15) is 9.59 Å². The molecule has 3 fully saturated rings. The zero-order valence-electron chi connectivity index (χ0n) is 13.0. The summed E-state index contributed by atoms with van der Waals surface area (Å²) in [6.07, 6.45) is 0.830. The second kappa shape index (κ2) is 5.93. The van der Waals surface area contributed by atoms with Gasteiger partial charge in [-0.05, 0) is 5.92 Å². The highest BCUT2D eigenvalue weighted by molar-refractivity contribution is 5.77. The number of cyclic esters (lactones) is 1. The third-order valence-electron chi connectivity index (χ3n) is 5.18. The molecule has 3 atom stereocenters. The van der Waals surface area contributed by atoms with E-state index >= 15 is 0 Å². The lowest BCUT2D eigenvalue weighted by atomic mass is 10.0. The summed E-state index contributed by atoms with van der Waals surface area (Å²) in [5, 5.41) is 0. The Morgan fingerprint density at radius 3 is 2.43 bits per heavy atom. The smallest absolute Gasteiger partial charge is 0.323 e. The molecule has 0 N–H and O–H groups in total. The first-order valence-electron chi connectivity index (χ1n) is 7.96. The van der Waals surface area contributed by atoms with Gasteiger partial charge in [-0.2, -0.15) is 0 Å². The number of hydrogen-bond donors (Lipinski definition) is 0. The van der Waals surface area contributed by atoms with E-state index in [1.807, 2.05) is 4.90 Å². The van der Waals surface area contributed by atoms with Gasteiger partial charge in [0.2, 0.25) is 5.91 Å². The van der Waals surface area contributed by atoms with Crippen LogP contribution in [0.1, 0.15) is 20.3 Å². The molecule has 21 heavy (non-hydrogen) atoms. The SMILES string of the molecule is CC(=O)N1CCN([C@@H]2CN([C@@H]3CCOC3=O)C[C@H]2C)CC1. The maximum Gasteiger partial charge on any atom is 0.323 e. The number of hydrogen-bond acceptors (Lipinski definition) is 5. The Balaban J connectivity index is 1.57. The Morgan fingerprint density at radius 1 is 1.14 bits per heavy atom. The number of ether oxygens (including phenoxy) is 1. The van der Waals surface area contributed by atoms with Crippen molar-refractivity contribution in [3.05, 3.63) is 0 Å². The second-order valence-electron chi connectivity index (χ2n) is 6.51. The topological polar surface area (TPSA) is 53.1 Å². The zero-order valence-corrected chi connectivity index (χ0v) is 13.0.